The number of ether oxygens (including phenoxy) is 1. The third kappa shape index (κ3) is 3.12. The molecule has 2 heterocycles. The number of aromatic nitrogens is 1. The molecule has 134 valence electrons. The molecular formula is C21H28N2O2. The molecule has 1 saturated carbocycles. The molecule has 2 fully saturated rings. The summed E-state index contributed by atoms with van der Waals surface area (Å²) in [5, 5.41) is 3.44. The van der Waals surface area contributed by atoms with E-state index in [9.17, 15) is 4.79 Å². The van der Waals surface area contributed by atoms with Crippen molar-refractivity contribution in [3.63, 3.8) is 0 Å². The van der Waals surface area contributed by atoms with Crippen molar-refractivity contribution in [2.45, 2.75) is 58.6 Å². The molecule has 4 nitrogen and oxygen atoms in total. The third-order valence-corrected chi connectivity index (χ3v) is 6.60. The topological polar surface area (TPSA) is 51.2 Å². The monoisotopic (exact) mass is 340 g/mol. The van der Waals surface area contributed by atoms with Gasteiger partial charge in [-0.2, -0.15) is 0 Å². The Bertz CT molecular complexity index is 684. The van der Waals surface area contributed by atoms with Gasteiger partial charge in [-0.3, -0.25) is 9.78 Å². The highest BCUT2D eigenvalue weighted by atomic mass is 16.6. The first-order valence-corrected chi connectivity index (χ1v) is 9.56. The van der Waals surface area contributed by atoms with Crippen LogP contribution in [0.25, 0.3) is 0 Å². The zero-order valence-electron chi connectivity index (χ0n) is 15.3. The summed E-state index contributed by atoms with van der Waals surface area (Å²) in [5.74, 6) is 0.313. The summed E-state index contributed by atoms with van der Waals surface area (Å²) in [7, 11) is 0. The molecule has 1 aliphatic heterocycles. The Morgan fingerprint density at radius 2 is 2.32 bits per heavy atom. The van der Waals surface area contributed by atoms with Crippen LogP contribution in [0.2, 0.25) is 0 Å². The number of esters is 1. The second-order valence-corrected chi connectivity index (χ2v) is 8.32. The molecule has 1 N–H and O–H groups in total. The first-order chi connectivity index (χ1) is 12.1. The van der Waals surface area contributed by atoms with Gasteiger partial charge in [-0.25, -0.2) is 0 Å². The SMILES string of the molecule is CC1=C2C[C@@H]3[C@@H](C[C@@]2(C)CCC1)OC(=O)[C@@H]3CNCc1cccnc1. The van der Waals surface area contributed by atoms with Crippen LogP contribution in [-0.2, 0) is 16.1 Å². The molecule has 1 aromatic heterocycles. The van der Waals surface area contributed by atoms with Crippen LogP contribution in [0.5, 0.6) is 0 Å². The van der Waals surface area contributed by atoms with E-state index in [2.05, 4.69) is 30.2 Å². The molecule has 0 unspecified atom stereocenters. The highest BCUT2D eigenvalue weighted by molar-refractivity contribution is 5.76. The van der Waals surface area contributed by atoms with E-state index in [0.717, 1.165) is 24.9 Å². The molecule has 4 atom stereocenters. The number of hydrogen-bond donors (Lipinski definition) is 1. The van der Waals surface area contributed by atoms with Crippen LogP contribution >= 0.6 is 0 Å². The fourth-order valence-corrected chi connectivity index (χ4v) is 5.22. The van der Waals surface area contributed by atoms with Crippen LogP contribution in [0.3, 0.4) is 0 Å². The van der Waals surface area contributed by atoms with Gasteiger partial charge in [-0.15, -0.1) is 0 Å². The summed E-state index contributed by atoms with van der Waals surface area (Å²) >= 11 is 0. The molecule has 4 heteroatoms. The van der Waals surface area contributed by atoms with Crippen molar-refractivity contribution >= 4 is 5.97 Å². The maximum Gasteiger partial charge on any atom is 0.310 e. The Kier molecular flexibility index (Phi) is 4.40. The summed E-state index contributed by atoms with van der Waals surface area (Å²) in [6.45, 7) is 6.11. The number of carbonyl (C=O) groups is 1. The average Bonchev–Trinajstić information content (AvgIpc) is 2.88. The highest BCUT2D eigenvalue weighted by Gasteiger charge is 2.52. The summed E-state index contributed by atoms with van der Waals surface area (Å²) < 4.78 is 5.82. The molecule has 0 spiro atoms. The van der Waals surface area contributed by atoms with Crippen molar-refractivity contribution in [2.75, 3.05) is 6.54 Å². The van der Waals surface area contributed by atoms with Crippen molar-refractivity contribution < 1.29 is 9.53 Å². The molecule has 4 rings (SSSR count). The Morgan fingerprint density at radius 3 is 3.12 bits per heavy atom. The Labute approximate surface area is 150 Å². The lowest BCUT2D eigenvalue weighted by atomic mass is 9.59. The van der Waals surface area contributed by atoms with E-state index in [1.54, 1.807) is 17.3 Å². The average molecular weight is 340 g/mol. The number of allylic oxidation sites excluding steroid dienone is 2. The number of rotatable bonds is 4. The lowest BCUT2D eigenvalue weighted by Gasteiger charge is -2.45. The lowest BCUT2D eigenvalue weighted by Crippen LogP contribution is -2.40. The van der Waals surface area contributed by atoms with Gasteiger partial charge in [0, 0.05) is 31.4 Å². The van der Waals surface area contributed by atoms with Crippen LogP contribution in [0, 0.1) is 17.3 Å². The molecule has 25 heavy (non-hydrogen) atoms. The van der Waals surface area contributed by atoms with Crippen LogP contribution in [0.1, 0.15) is 51.5 Å². The second kappa shape index (κ2) is 6.56. The molecule has 1 saturated heterocycles. The highest BCUT2D eigenvalue weighted by Crippen LogP contribution is 2.54. The Hall–Kier alpha value is -1.68. The second-order valence-electron chi connectivity index (χ2n) is 8.32. The fourth-order valence-electron chi connectivity index (χ4n) is 5.22. The predicted molar refractivity (Wildman–Crippen MR) is 96.7 cm³/mol. The number of carbonyl (C=O) groups excluding carboxylic acids is 1. The van der Waals surface area contributed by atoms with Crippen molar-refractivity contribution in [3.8, 4) is 0 Å². The minimum Gasteiger partial charge on any atom is -0.462 e. The van der Waals surface area contributed by atoms with Crippen LogP contribution in [0.4, 0.5) is 0 Å². The normalized spacial score (nSPS) is 34.5. The molecule has 0 aromatic carbocycles. The van der Waals surface area contributed by atoms with Gasteiger partial charge in [0.1, 0.15) is 6.10 Å². The van der Waals surface area contributed by atoms with E-state index < -0.39 is 0 Å². The number of nitrogens with one attached hydrogen (secondary N) is 1. The van der Waals surface area contributed by atoms with E-state index in [1.165, 1.54) is 19.3 Å². The van der Waals surface area contributed by atoms with Crippen molar-refractivity contribution in [3.05, 3.63) is 41.2 Å². The van der Waals surface area contributed by atoms with Gasteiger partial charge >= 0.3 is 5.97 Å². The standard InChI is InChI=1S/C21H28N2O2/c1-14-5-3-7-21(2)10-19-16(9-18(14)21)17(20(24)25-19)13-23-12-15-6-4-8-22-11-15/h4,6,8,11,16-17,19,23H,3,5,7,9-10,12-13H2,1-2H3/t16-,17+,19+,21+/m0/s1. The maximum atomic E-state index is 12.5. The largest absolute Gasteiger partial charge is 0.462 e. The lowest BCUT2D eigenvalue weighted by molar-refractivity contribution is -0.145. The van der Waals surface area contributed by atoms with Gasteiger partial charge in [0.15, 0.2) is 0 Å². The molecule has 2 aliphatic carbocycles. The summed E-state index contributed by atoms with van der Waals surface area (Å²) in [6.07, 6.45) is 9.54. The zero-order chi connectivity index (χ0) is 17.4. The van der Waals surface area contributed by atoms with Gasteiger partial charge in [-0.1, -0.05) is 24.1 Å². The van der Waals surface area contributed by atoms with E-state index >= 15 is 0 Å². The number of hydrogen-bond acceptors (Lipinski definition) is 4. The van der Waals surface area contributed by atoms with Crippen molar-refractivity contribution in [2.24, 2.45) is 17.3 Å². The molecule has 0 amide bonds. The molecule has 0 bridgehead atoms. The molecule has 0 radical (unpaired) electrons. The van der Waals surface area contributed by atoms with Crippen molar-refractivity contribution in [1.29, 1.82) is 0 Å². The van der Waals surface area contributed by atoms with Crippen LogP contribution < -0.4 is 5.32 Å². The fraction of sp³-hybridized carbons (Fsp3) is 0.619. The first kappa shape index (κ1) is 16.8. The van der Waals surface area contributed by atoms with E-state index in [4.69, 9.17) is 4.74 Å². The van der Waals surface area contributed by atoms with Crippen LogP contribution in [-0.4, -0.2) is 23.6 Å². The molecular weight excluding hydrogens is 312 g/mol. The van der Waals surface area contributed by atoms with E-state index in [0.29, 0.717) is 12.5 Å². The smallest absolute Gasteiger partial charge is 0.310 e. The Morgan fingerprint density at radius 1 is 1.44 bits per heavy atom. The first-order valence-electron chi connectivity index (χ1n) is 9.56. The zero-order valence-corrected chi connectivity index (χ0v) is 15.3. The van der Waals surface area contributed by atoms with Crippen LogP contribution in [0.15, 0.2) is 35.7 Å². The van der Waals surface area contributed by atoms with E-state index in [1.807, 2.05) is 12.3 Å². The van der Waals surface area contributed by atoms with Gasteiger partial charge in [0.05, 0.1) is 5.92 Å². The van der Waals surface area contributed by atoms with Gasteiger partial charge in [0.25, 0.3) is 0 Å². The molecule has 1 aromatic rings. The van der Waals surface area contributed by atoms with Crippen molar-refractivity contribution in [1.82, 2.24) is 10.3 Å². The quantitative estimate of drug-likeness (QED) is 0.672. The van der Waals surface area contributed by atoms with E-state index in [-0.39, 0.29) is 23.4 Å². The van der Waals surface area contributed by atoms with Gasteiger partial charge in [0.2, 0.25) is 0 Å². The summed E-state index contributed by atoms with van der Waals surface area (Å²) in [6, 6.07) is 4.00. The minimum atomic E-state index is -0.0200. The Balaban J connectivity index is 1.45. The predicted octanol–water partition coefficient (Wildman–Crippen LogP) is 3.63. The third-order valence-electron chi connectivity index (χ3n) is 6.60. The summed E-state index contributed by atoms with van der Waals surface area (Å²) in [5.41, 5.74) is 4.58. The van der Waals surface area contributed by atoms with Gasteiger partial charge < -0.3 is 10.1 Å². The van der Waals surface area contributed by atoms with Gasteiger partial charge in [-0.05, 0) is 56.1 Å². The number of pyridine rings is 1. The summed E-state index contributed by atoms with van der Waals surface area (Å²) in [4.78, 5) is 16.6. The number of nitrogens with zero attached hydrogens (tertiary/aromatic N) is 1. The molecule has 3 aliphatic rings. The number of fused-ring (bicyclic) bond motifs is 2. The maximum absolute atomic E-state index is 12.5. The minimum absolute atomic E-state index is 0.00538.